The van der Waals surface area contributed by atoms with Gasteiger partial charge in [0.1, 0.15) is 11.4 Å². The van der Waals surface area contributed by atoms with E-state index in [9.17, 15) is 8.78 Å². The van der Waals surface area contributed by atoms with Crippen LogP contribution < -0.4 is 5.73 Å². The van der Waals surface area contributed by atoms with Gasteiger partial charge in [0, 0.05) is 13.6 Å². The second-order valence-electron chi connectivity index (χ2n) is 2.05. The van der Waals surface area contributed by atoms with E-state index in [1.165, 1.54) is 7.05 Å². The molecule has 1 aromatic rings. The van der Waals surface area contributed by atoms with Crippen molar-refractivity contribution in [3.8, 4) is 0 Å². The van der Waals surface area contributed by atoms with Gasteiger partial charge in [-0.15, -0.1) is 5.10 Å². The molecule has 0 aliphatic heterocycles. The van der Waals surface area contributed by atoms with Crippen molar-refractivity contribution >= 4 is 0 Å². The number of nitrogens with zero attached hydrogens (tertiary/aromatic N) is 3. The highest BCUT2D eigenvalue weighted by Crippen LogP contribution is 2.19. The molecule has 4 nitrogen and oxygen atoms in total. The van der Waals surface area contributed by atoms with Crippen LogP contribution in [0.1, 0.15) is 17.8 Å². The second-order valence-corrected chi connectivity index (χ2v) is 2.05. The molecule has 0 unspecified atom stereocenters. The van der Waals surface area contributed by atoms with Crippen LogP contribution in [-0.2, 0) is 13.6 Å². The van der Waals surface area contributed by atoms with E-state index in [4.69, 9.17) is 5.73 Å². The van der Waals surface area contributed by atoms with Crippen molar-refractivity contribution in [3.05, 3.63) is 11.4 Å². The van der Waals surface area contributed by atoms with Gasteiger partial charge in [-0.05, 0) is 0 Å². The monoisotopic (exact) mass is 162 g/mol. The molecule has 1 aromatic heterocycles. The lowest BCUT2D eigenvalue weighted by Crippen LogP contribution is -2.04. The van der Waals surface area contributed by atoms with Gasteiger partial charge >= 0.3 is 0 Å². The van der Waals surface area contributed by atoms with Gasteiger partial charge in [-0.1, -0.05) is 5.21 Å². The van der Waals surface area contributed by atoms with E-state index >= 15 is 0 Å². The molecule has 2 N–H and O–H groups in total. The maximum atomic E-state index is 12.2. The highest BCUT2D eigenvalue weighted by atomic mass is 19.3. The third-order valence-corrected chi connectivity index (χ3v) is 1.34. The predicted molar refractivity (Wildman–Crippen MR) is 33.9 cm³/mol. The first-order valence-corrected chi connectivity index (χ1v) is 3.03. The zero-order valence-corrected chi connectivity index (χ0v) is 5.96. The van der Waals surface area contributed by atoms with E-state index in [0.717, 1.165) is 4.68 Å². The summed E-state index contributed by atoms with van der Waals surface area (Å²) >= 11 is 0. The van der Waals surface area contributed by atoms with E-state index in [-0.39, 0.29) is 17.9 Å². The summed E-state index contributed by atoms with van der Waals surface area (Å²) in [7, 11) is 1.41. The Bertz CT molecular complexity index is 245. The van der Waals surface area contributed by atoms with Crippen LogP contribution in [0, 0.1) is 0 Å². The molecule has 0 saturated carbocycles. The fourth-order valence-corrected chi connectivity index (χ4v) is 0.820. The van der Waals surface area contributed by atoms with Crippen LogP contribution in [-0.4, -0.2) is 15.0 Å². The minimum absolute atomic E-state index is 0.00644. The molecule has 6 heteroatoms. The van der Waals surface area contributed by atoms with E-state index in [2.05, 4.69) is 10.3 Å². The fourth-order valence-electron chi connectivity index (χ4n) is 0.820. The summed E-state index contributed by atoms with van der Waals surface area (Å²) in [6.45, 7) is -0.00644. The van der Waals surface area contributed by atoms with Gasteiger partial charge in [-0.25, -0.2) is 13.5 Å². The molecule has 0 bridgehead atoms. The molecule has 0 radical (unpaired) electrons. The first-order chi connectivity index (χ1) is 5.16. The van der Waals surface area contributed by atoms with Crippen LogP contribution >= 0.6 is 0 Å². The molecular weight excluding hydrogens is 154 g/mol. The summed E-state index contributed by atoms with van der Waals surface area (Å²) in [5, 5.41) is 6.88. The van der Waals surface area contributed by atoms with Gasteiger partial charge < -0.3 is 5.73 Å². The molecular formula is C5H8F2N4. The highest BCUT2D eigenvalue weighted by Gasteiger charge is 2.18. The predicted octanol–water partition coefficient (Wildman–Crippen LogP) is 0.211. The lowest BCUT2D eigenvalue weighted by molar-refractivity contribution is 0.139. The van der Waals surface area contributed by atoms with Gasteiger partial charge in [-0.2, -0.15) is 0 Å². The van der Waals surface area contributed by atoms with Crippen LogP contribution in [0.5, 0.6) is 0 Å². The molecule has 0 saturated heterocycles. The largest absolute Gasteiger partial charge is 0.325 e. The minimum Gasteiger partial charge on any atom is -0.325 e. The Hall–Kier alpha value is -1.04. The maximum absolute atomic E-state index is 12.2. The quantitative estimate of drug-likeness (QED) is 0.676. The number of alkyl halides is 2. The summed E-state index contributed by atoms with van der Waals surface area (Å²) in [5.41, 5.74) is 5.11. The van der Waals surface area contributed by atoms with Gasteiger partial charge in [-0.3, -0.25) is 0 Å². The third kappa shape index (κ3) is 1.35. The second kappa shape index (κ2) is 2.91. The first kappa shape index (κ1) is 8.06. The Labute approximate surface area is 62.0 Å². The SMILES string of the molecule is Cn1nnc(CN)c1C(F)F. The van der Waals surface area contributed by atoms with Gasteiger partial charge in [0.05, 0.1) is 0 Å². The summed E-state index contributed by atoms with van der Waals surface area (Å²) in [6, 6.07) is 0. The van der Waals surface area contributed by atoms with Crippen molar-refractivity contribution in [1.29, 1.82) is 0 Å². The Kier molecular flexibility index (Phi) is 2.13. The summed E-state index contributed by atoms with van der Waals surface area (Å²) < 4.78 is 25.3. The fraction of sp³-hybridized carbons (Fsp3) is 0.600. The summed E-state index contributed by atoms with van der Waals surface area (Å²) in [5.74, 6) is 0. The van der Waals surface area contributed by atoms with Crippen LogP contribution in [0.3, 0.4) is 0 Å². The molecule has 0 aliphatic carbocycles. The molecule has 62 valence electrons. The molecule has 0 atom stereocenters. The van der Waals surface area contributed by atoms with Crippen molar-refractivity contribution < 1.29 is 8.78 Å². The van der Waals surface area contributed by atoms with Crippen LogP contribution in [0.2, 0.25) is 0 Å². The number of halogens is 2. The molecule has 0 fully saturated rings. The molecule has 11 heavy (non-hydrogen) atoms. The normalized spacial score (nSPS) is 11.0. The zero-order valence-electron chi connectivity index (χ0n) is 5.96. The third-order valence-electron chi connectivity index (χ3n) is 1.34. The molecule has 1 heterocycles. The van der Waals surface area contributed by atoms with Crippen molar-refractivity contribution in [2.75, 3.05) is 0 Å². The van der Waals surface area contributed by atoms with Gasteiger partial charge in [0.25, 0.3) is 6.43 Å². The molecule has 0 aliphatic rings. The number of hydrogen-bond acceptors (Lipinski definition) is 3. The van der Waals surface area contributed by atoms with Crippen LogP contribution in [0.25, 0.3) is 0 Å². The van der Waals surface area contributed by atoms with E-state index in [1.54, 1.807) is 0 Å². The minimum atomic E-state index is -2.56. The Balaban J connectivity index is 3.07. The summed E-state index contributed by atoms with van der Waals surface area (Å²) in [4.78, 5) is 0. The number of hydrogen-bond donors (Lipinski definition) is 1. The van der Waals surface area contributed by atoms with Gasteiger partial charge in [0.2, 0.25) is 0 Å². The topological polar surface area (TPSA) is 56.7 Å². The Morgan fingerprint density at radius 2 is 2.27 bits per heavy atom. The molecule has 0 amide bonds. The van der Waals surface area contributed by atoms with Crippen molar-refractivity contribution in [1.82, 2.24) is 15.0 Å². The first-order valence-electron chi connectivity index (χ1n) is 3.03. The Morgan fingerprint density at radius 3 is 2.64 bits per heavy atom. The van der Waals surface area contributed by atoms with Crippen molar-refractivity contribution in [2.45, 2.75) is 13.0 Å². The number of aromatic nitrogens is 3. The average Bonchev–Trinajstić information content (AvgIpc) is 2.30. The van der Waals surface area contributed by atoms with E-state index in [1.807, 2.05) is 0 Å². The van der Waals surface area contributed by atoms with Gasteiger partial charge in [0.15, 0.2) is 0 Å². The number of nitrogens with two attached hydrogens (primary N) is 1. The summed E-state index contributed by atoms with van der Waals surface area (Å²) in [6.07, 6.45) is -2.56. The lowest BCUT2D eigenvalue weighted by Gasteiger charge is -1.99. The molecule has 1 rings (SSSR count). The van der Waals surface area contributed by atoms with Crippen molar-refractivity contribution in [2.24, 2.45) is 12.8 Å². The molecule has 0 spiro atoms. The zero-order chi connectivity index (χ0) is 8.43. The van der Waals surface area contributed by atoms with Crippen LogP contribution in [0.15, 0.2) is 0 Å². The number of rotatable bonds is 2. The maximum Gasteiger partial charge on any atom is 0.281 e. The average molecular weight is 162 g/mol. The Morgan fingerprint density at radius 1 is 1.64 bits per heavy atom. The smallest absolute Gasteiger partial charge is 0.281 e. The van der Waals surface area contributed by atoms with E-state index < -0.39 is 6.43 Å². The highest BCUT2D eigenvalue weighted by molar-refractivity contribution is 5.10. The lowest BCUT2D eigenvalue weighted by atomic mass is 10.3. The van der Waals surface area contributed by atoms with E-state index in [0.29, 0.717) is 0 Å². The number of aryl methyl sites for hydroxylation is 1. The standard InChI is InChI=1S/C5H8F2N4/c1-11-4(5(6)7)3(2-8)9-10-11/h5H,2,8H2,1H3. The van der Waals surface area contributed by atoms with Crippen LogP contribution in [0.4, 0.5) is 8.78 Å². The molecule has 0 aromatic carbocycles. The van der Waals surface area contributed by atoms with Crippen molar-refractivity contribution in [3.63, 3.8) is 0 Å².